The molecule has 1 aliphatic rings. The Morgan fingerprint density at radius 3 is 2.56 bits per heavy atom. The molecule has 0 aliphatic carbocycles. The van der Waals surface area contributed by atoms with Crippen molar-refractivity contribution >= 4 is 28.2 Å². The van der Waals surface area contributed by atoms with Crippen molar-refractivity contribution in [2.45, 2.75) is 26.3 Å². The molecule has 4 heterocycles. The molecule has 0 radical (unpaired) electrons. The Morgan fingerprint density at radius 1 is 1.15 bits per heavy atom. The second-order valence-corrected chi connectivity index (χ2v) is 10.4. The van der Waals surface area contributed by atoms with Crippen LogP contribution in [0.1, 0.15) is 46.6 Å². The predicted molar refractivity (Wildman–Crippen MR) is 155 cm³/mol. The van der Waals surface area contributed by atoms with Crippen LogP contribution >= 0.6 is 0 Å². The van der Waals surface area contributed by atoms with Gasteiger partial charge in [-0.15, -0.1) is 0 Å². The molecule has 1 amide bonds. The number of fused-ring (bicyclic) bond motifs is 1. The largest absolute Gasteiger partial charge is 0.387 e. The van der Waals surface area contributed by atoms with Gasteiger partial charge in [-0.05, 0) is 67.8 Å². The summed E-state index contributed by atoms with van der Waals surface area (Å²) in [6.07, 6.45) is 6.53. The number of carbonyl (C=O) groups excluding carboxylic acids is 1. The average molecular weight is 527 g/mol. The minimum absolute atomic E-state index is 0.139. The molecule has 1 aliphatic heterocycles. The first-order chi connectivity index (χ1) is 18.7. The van der Waals surface area contributed by atoms with Crippen molar-refractivity contribution in [2.75, 3.05) is 39.5 Å². The van der Waals surface area contributed by atoms with Crippen LogP contribution < -0.4 is 5.32 Å². The van der Waals surface area contributed by atoms with Crippen LogP contribution in [0.4, 0.5) is 10.1 Å². The minimum atomic E-state index is -0.336. The summed E-state index contributed by atoms with van der Waals surface area (Å²) in [5, 5.41) is 4.19. The van der Waals surface area contributed by atoms with Gasteiger partial charge in [0, 0.05) is 81.3 Å². The van der Waals surface area contributed by atoms with Crippen LogP contribution in [0.3, 0.4) is 0 Å². The van der Waals surface area contributed by atoms with Gasteiger partial charge in [0.25, 0.3) is 5.91 Å². The van der Waals surface area contributed by atoms with Crippen molar-refractivity contribution in [2.24, 2.45) is 7.05 Å². The van der Waals surface area contributed by atoms with E-state index in [4.69, 9.17) is 0 Å². The number of aryl methyl sites for hydroxylation is 2. The maximum absolute atomic E-state index is 15.2. The Bertz CT molecular complexity index is 1550. The third-order valence-corrected chi connectivity index (χ3v) is 7.77. The number of anilines is 1. The highest BCUT2D eigenvalue weighted by Crippen LogP contribution is 2.35. The van der Waals surface area contributed by atoms with Gasteiger partial charge in [0.1, 0.15) is 11.5 Å². The van der Waals surface area contributed by atoms with Crippen molar-refractivity contribution < 1.29 is 9.18 Å². The molecule has 0 bridgehead atoms. The number of nitrogens with zero attached hydrogens (tertiary/aromatic N) is 5. The highest BCUT2D eigenvalue weighted by molar-refractivity contribution is 5.95. The van der Waals surface area contributed by atoms with E-state index in [1.54, 1.807) is 20.2 Å². The van der Waals surface area contributed by atoms with E-state index in [-0.39, 0.29) is 17.8 Å². The van der Waals surface area contributed by atoms with E-state index in [1.165, 1.54) is 16.7 Å². The number of pyridine rings is 2. The lowest BCUT2D eigenvalue weighted by atomic mass is 9.92. The number of amides is 1. The number of rotatable bonds is 6. The summed E-state index contributed by atoms with van der Waals surface area (Å²) in [5.41, 5.74) is 7.81. The Kier molecular flexibility index (Phi) is 7.23. The molecule has 39 heavy (non-hydrogen) atoms. The van der Waals surface area contributed by atoms with Gasteiger partial charge in [-0.1, -0.05) is 6.08 Å². The van der Waals surface area contributed by atoms with E-state index in [0.29, 0.717) is 17.7 Å². The molecule has 1 atom stereocenters. The third-order valence-electron chi connectivity index (χ3n) is 7.77. The zero-order valence-corrected chi connectivity index (χ0v) is 23.4. The summed E-state index contributed by atoms with van der Waals surface area (Å²) in [6.45, 7) is 5.60. The van der Waals surface area contributed by atoms with E-state index >= 15 is 4.39 Å². The Balaban J connectivity index is 1.40. The van der Waals surface area contributed by atoms with Crippen molar-refractivity contribution in [1.29, 1.82) is 0 Å². The highest BCUT2D eigenvalue weighted by atomic mass is 19.1. The molecule has 7 nitrogen and oxygen atoms in total. The average Bonchev–Trinajstić information content (AvgIpc) is 3.28. The van der Waals surface area contributed by atoms with Crippen molar-refractivity contribution in [3.8, 4) is 11.3 Å². The van der Waals surface area contributed by atoms with Crippen molar-refractivity contribution in [3.05, 3.63) is 83.1 Å². The van der Waals surface area contributed by atoms with Crippen LogP contribution in [-0.2, 0) is 7.05 Å². The van der Waals surface area contributed by atoms with Gasteiger partial charge in [0.05, 0.1) is 17.6 Å². The normalized spacial score (nSPS) is 14.8. The molecule has 5 rings (SSSR count). The summed E-state index contributed by atoms with van der Waals surface area (Å²) >= 11 is 0. The summed E-state index contributed by atoms with van der Waals surface area (Å²) in [5.74, 6) is -0.531. The summed E-state index contributed by atoms with van der Waals surface area (Å²) < 4.78 is 17.3. The lowest BCUT2D eigenvalue weighted by molar-refractivity contribution is 0.0827. The number of benzene rings is 1. The SMILES string of the molecule is CNc1ccc(-c2ccnc3c2cc([C@@H](C)N2CC=C(c4c(C)cc(C(=O)N(C)C)cc4F)CC2)n3C)nc1. The fraction of sp³-hybridized carbons (Fsp3) is 0.323. The monoisotopic (exact) mass is 526 g/mol. The van der Waals surface area contributed by atoms with E-state index in [2.05, 4.69) is 50.9 Å². The number of hydrogen-bond donors (Lipinski definition) is 1. The van der Waals surface area contributed by atoms with Crippen LogP contribution in [0.25, 0.3) is 27.9 Å². The fourth-order valence-corrected chi connectivity index (χ4v) is 5.55. The highest BCUT2D eigenvalue weighted by Gasteiger charge is 2.25. The Morgan fingerprint density at radius 2 is 1.95 bits per heavy atom. The zero-order chi connectivity index (χ0) is 27.8. The number of hydrogen-bond acceptors (Lipinski definition) is 5. The second-order valence-electron chi connectivity index (χ2n) is 10.4. The summed E-state index contributed by atoms with van der Waals surface area (Å²) in [6, 6.07) is 11.6. The molecule has 0 unspecified atom stereocenters. The maximum Gasteiger partial charge on any atom is 0.253 e. The molecule has 8 heteroatoms. The predicted octanol–water partition coefficient (Wildman–Crippen LogP) is 5.68. The molecule has 1 aromatic carbocycles. The summed E-state index contributed by atoms with van der Waals surface area (Å²) in [4.78, 5) is 25.5. The van der Waals surface area contributed by atoms with E-state index in [0.717, 1.165) is 52.1 Å². The fourth-order valence-electron chi connectivity index (χ4n) is 5.55. The Labute approximate surface area is 229 Å². The van der Waals surface area contributed by atoms with E-state index in [9.17, 15) is 4.79 Å². The zero-order valence-electron chi connectivity index (χ0n) is 23.4. The first-order valence-electron chi connectivity index (χ1n) is 13.2. The molecule has 0 saturated carbocycles. The second kappa shape index (κ2) is 10.6. The standard InChI is InChI=1S/C31H35FN6O/c1-19-15-22(31(39)36(4)5)16-26(32)29(19)21-10-13-38(14-11-21)20(2)28-17-25-24(9-12-34-30(25)37(28)6)27-8-7-23(33-3)18-35-27/h7-10,12,15-18,20,33H,11,13-14H2,1-6H3/t20-/m1/s1. The Hall–Kier alpha value is -4.04. The lowest BCUT2D eigenvalue weighted by Gasteiger charge is -2.32. The molecule has 1 N–H and O–H groups in total. The van der Waals surface area contributed by atoms with Crippen LogP contribution in [0, 0.1) is 12.7 Å². The molecular formula is C31H35FN6O. The molecule has 0 spiro atoms. The first-order valence-corrected chi connectivity index (χ1v) is 13.2. The maximum atomic E-state index is 15.2. The van der Waals surface area contributed by atoms with Gasteiger partial charge in [0.15, 0.2) is 0 Å². The van der Waals surface area contributed by atoms with Gasteiger partial charge in [-0.25, -0.2) is 9.37 Å². The van der Waals surface area contributed by atoms with Crippen LogP contribution in [0.2, 0.25) is 0 Å². The molecule has 202 valence electrons. The topological polar surface area (TPSA) is 66.3 Å². The number of nitrogens with one attached hydrogen (secondary N) is 1. The molecule has 3 aromatic heterocycles. The van der Waals surface area contributed by atoms with Crippen LogP contribution in [0.5, 0.6) is 0 Å². The molecular weight excluding hydrogens is 491 g/mol. The number of carbonyl (C=O) groups is 1. The number of halogens is 1. The van der Waals surface area contributed by atoms with Gasteiger partial charge in [-0.3, -0.25) is 14.7 Å². The van der Waals surface area contributed by atoms with Gasteiger partial charge < -0.3 is 14.8 Å². The number of aromatic nitrogens is 3. The van der Waals surface area contributed by atoms with Gasteiger partial charge in [0.2, 0.25) is 0 Å². The minimum Gasteiger partial charge on any atom is -0.387 e. The molecule has 0 saturated heterocycles. The summed E-state index contributed by atoms with van der Waals surface area (Å²) in [7, 11) is 7.29. The van der Waals surface area contributed by atoms with Crippen molar-refractivity contribution in [1.82, 2.24) is 24.3 Å². The van der Waals surface area contributed by atoms with Gasteiger partial charge in [-0.2, -0.15) is 0 Å². The lowest BCUT2D eigenvalue weighted by Crippen LogP contribution is -2.32. The molecule has 0 fully saturated rings. The van der Waals surface area contributed by atoms with Crippen LogP contribution in [0.15, 0.2) is 54.9 Å². The quantitative estimate of drug-likeness (QED) is 0.350. The van der Waals surface area contributed by atoms with Crippen molar-refractivity contribution in [3.63, 3.8) is 0 Å². The third kappa shape index (κ3) is 4.92. The van der Waals surface area contributed by atoms with E-state index < -0.39 is 0 Å². The smallest absolute Gasteiger partial charge is 0.253 e. The molecule has 4 aromatic rings. The van der Waals surface area contributed by atoms with Gasteiger partial charge >= 0.3 is 0 Å². The first kappa shape index (κ1) is 26.6. The van der Waals surface area contributed by atoms with Crippen LogP contribution in [-0.4, -0.2) is 64.5 Å². The van der Waals surface area contributed by atoms with E-state index in [1.807, 2.05) is 44.6 Å².